The lowest BCUT2D eigenvalue weighted by atomic mass is 9.99. The van der Waals surface area contributed by atoms with Crippen molar-refractivity contribution >= 4 is 0 Å². The van der Waals surface area contributed by atoms with Crippen molar-refractivity contribution in [1.29, 1.82) is 0 Å². The second-order valence-corrected chi connectivity index (χ2v) is 5.19. The van der Waals surface area contributed by atoms with Crippen LogP contribution in [-0.2, 0) is 13.5 Å². The average Bonchev–Trinajstić information content (AvgIpc) is 2.59. The van der Waals surface area contributed by atoms with Gasteiger partial charge in [0.05, 0.1) is 5.69 Å². The Labute approximate surface area is 111 Å². The Hall–Kier alpha value is -0.870. The van der Waals surface area contributed by atoms with E-state index in [1.54, 1.807) is 0 Å². The normalized spacial score (nSPS) is 12.9. The van der Waals surface area contributed by atoms with Crippen LogP contribution in [0.15, 0.2) is 0 Å². The van der Waals surface area contributed by atoms with Gasteiger partial charge in [-0.1, -0.05) is 32.6 Å². The molecular weight excluding hydrogens is 224 g/mol. The van der Waals surface area contributed by atoms with Gasteiger partial charge in [0.15, 0.2) is 0 Å². The first-order valence-corrected chi connectivity index (χ1v) is 7.05. The van der Waals surface area contributed by atoms with Crippen LogP contribution < -0.4 is 11.3 Å². The third-order valence-electron chi connectivity index (χ3n) is 3.75. The molecule has 18 heavy (non-hydrogen) atoms. The molecular formula is C14H28N4. The van der Waals surface area contributed by atoms with Crippen LogP contribution in [0.2, 0.25) is 0 Å². The third-order valence-corrected chi connectivity index (χ3v) is 3.75. The molecule has 0 aliphatic carbocycles. The molecule has 0 saturated carbocycles. The zero-order valence-electron chi connectivity index (χ0n) is 12.3. The molecule has 1 aromatic rings. The maximum Gasteiger partial charge on any atom is 0.0628 e. The number of hydrogen-bond acceptors (Lipinski definition) is 3. The number of rotatable bonds is 8. The van der Waals surface area contributed by atoms with Crippen LogP contribution in [0.1, 0.15) is 56.0 Å². The molecule has 104 valence electrons. The second kappa shape index (κ2) is 7.54. The van der Waals surface area contributed by atoms with Gasteiger partial charge in [-0.05, 0) is 32.3 Å². The number of hydrazine groups is 1. The topological polar surface area (TPSA) is 55.9 Å². The predicted molar refractivity (Wildman–Crippen MR) is 76.3 cm³/mol. The summed E-state index contributed by atoms with van der Waals surface area (Å²) in [6, 6.07) is 0.364. The van der Waals surface area contributed by atoms with Gasteiger partial charge in [0.25, 0.3) is 0 Å². The fourth-order valence-electron chi connectivity index (χ4n) is 2.42. The molecule has 0 fully saturated rings. The van der Waals surface area contributed by atoms with Crippen LogP contribution in [0.4, 0.5) is 0 Å². The Kier molecular flexibility index (Phi) is 6.36. The second-order valence-electron chi connectivity index (χ2n) is 5.19. The minimum Gasteiger partial charge on any atom is -0.272 e. The Balaban J connectivity index is 2.51. The van der Waals surface area contributed by atoms with Crippen molar-refractivity contribution in [3.63, 3.8) is 0 Å². The van der Waals surface area contributed by atoms with Crippen LogP contribution >= 0.6 is 0 Å². The lowest BCUT2D eigenvalue weighted by Gasteiger charge is -2.16. The first-order chi connectivity index (χ1) is 8.60. The number of nitrogens with zero attached hydrogens (tertiary/aromatic N) is 2. The van der Waals surface area contributed by atoms with Crippen molar-refractivity contribution < 1.29 is 0 Å². The molecule has 4 nitrogen and oxygen atoms in total. The van der Waals surface area contributed by atoms with Crippen molar-refractivity contribution in [2.75, 3.05) is 0 Å². The number of nitrogens with two attached hydrogens (primary N) is 1. The molecule has 0 aliphatic heterocycles. The molecule has 0 spiro atoms. The van der Waals surface area contributed by atoms with E-state index in [1.807, 2.05) is 11.7 Å². The van der Waals surface area contributed by atoms with Gasteiger partial charge in [-0.15, -0.1) is 0 Å². The lowest BCUT2D eigenvalue weighted by molar-refractivity contribution is 0.461. The minimum atomic E-state index is 0.364. The molecule has 0 amide bonds. The van der Waals surface area contributed by atoms with E-state index in [0.29, 0.717) is 6.04 Å². The summed E-state index contributed by atoms with van der Waals surface area (Å²) in [5.41, 5.74) is 6.68. The van der Waals surface area contributed by atoms with Crippen LogP contribution in [0.5, 0.6) is 0 Å². The Bertz CT molecular complexity index is 357. The van der Waals surface area contributed by atoms with Crippen molar-refractivity contribution in [1.82, 2.24) is 15.2 Å². The van der Waals surface area contributed by atoms with E-state index in [9.17, 15) is 0 Å². The van der Waals surface area contributed by atoms with E-state index < -0.39 is 0 Å². The van der Waals surface area contributed by atoms with Crippen molar-refractivity contribution in [2.24, 2.45) is 12.9 Å². The van der Waals surface area contributed by atoms with Gasteiger partial charge in [0, 0.05) is 18.8 Å². The van der Waals surface area contributed by atoms with E-state index in [0.717, 1.165) is 18.5 Å². The first-order valence-electron chi connectivity index (χ1n) is 7.05. The summed E-state index contributed by atoms with van der Waals surface area (Å²) >= 11 is 0. The molecule has 0 radical (unpaired) electrons. The summed E-state index contributed by atoms with van der Waals surface area (Å²) in [7, 11) is 2.00. The molecule has 1 aromatic heterocycles. The standard InChI is InChI=1S/C14H28N4/c1-5-6-7-8-9-13(16-15)10-14-11(2)17-18(4)12(14)3/h13,16H,5-10,15H2,1-4H3. The van der Waals surface area contributed by atoms with Gasteiger partial charge in [0.2, 0.25) is 0 Å². The van der Waals surface area contributed by atoms with E-state index in [-0.39, 0.29) is 0 Å². The predicted octanol–water partition coefficient (Wildman–Crippen LogP) is 2.38. The highest BCUT2D eigenvalue weighted by atomic mass is 15.3. The van der Waals surface area contributed by atoms with Gasteiger partial charge in [-0.3, -0.25) is 16.0 Å². The summed E-state index contributed by atoms with van der Waals surface area (Å²) in [6.07, 6.45) is 7.28. The molecule has 4 heteroatoms. The molecule has 1 atom stereocenters. The number of aromatic nitrogens is 2. The summed E-state index contributed by atoms with van der Waals surface area (Å²) in [5, 5.41) is 4.46. The largest absolute Gasteiger partial charge is 0.272 e. The molecule has 0 aliphatic rings. The van der Waals surface area contributed by atoms with E-state index in [1.165, 1.54) is 36.9 Å². The van der Waals surface area contributed by atoms with Crippen molar-refractivity contribution in [3.8, 4) is 0 Å². The van der Waals surface area contributed by atoms with Gasteiger partial charge in [0.1, 0.15) is 0 Å². The van der Waals surface area contributed by atoms with Gasteiger partial charge >= 0.3 is 0 Å². The molecule has 3 N–H and O–H groups in total. The highest BCUT2D eigenvalue weighted by Gasteiger charge is 2.14. The molecule has 0 bridgehead atoms. The van der Waals surface area contributed by atoms with E-state index in [4.69, 9.17) is 5.84 Å². The molecule has 1 unspecified atom stereocenters. The van der Waals surface area contributed by atoms with Crippen molar-refractivity contribution in [2.45, 2.75) is 65.3 Å². The highest BCUT2D eigenvalue weighted by Crippen LogP contribution is 2.16. The lowest BCUT2D eigenvalue weighted by Crippen LogP contribution is -2.37. The fraction of sp³-hybridized carbons (Fsp3) is 0.786. The zero-order chi connectivity index (χ0) is 13.5. The first kappa shape index (κ1) is 15.2. The molecule has 0 saturated heterocycles. The van der Waals surface area contributed by atoms with Crippen LogP contribution in [0.25, 0.3) is 0 Å². The Morgan fingerprint density at radius 3 is 2.50 bits per heavy atom. The van der Waals surface area contributed by atoms with Crippen LogP contribution in [-0.4, -0.2) is 15.8 Å². The highest BCUT2D eigenvalue weighted by molar-refractivity contribution is 5.25. The Morgan fingerprint density at radius 2 is 2.00 bits per heavy atom. The molecule has 0 aromatic carbocycles. The monoisotopic (exact) mass is 252 g/mol. The SMILES string of the molecule is CCCCCCC(Cc1c(C)nn(C)c1C)NN. The number of hydrogen-bond donors (Lipinski definition) is 2. The summed E-state index contributed by atoms with van der Waals surface area (Å²) in [4.78, 5) is 0. The number of nitrogens with one attached hydrogen (secondary N) is 1. The van der Waals surface area contributed by atoms with Crippen molar-refractivity contribution in [3.05, 3.63) is 17.0 Å². The van der Waals surface area contributed by atoms with Gasteiger partial charge in [-0.2, -0.15) is 5.10 Å². The summed E-state index contributed by atoms with van der Waals surface area (Å²) in [6.45, 7) is 6.44. The zero-order valence-corrected chi connectivity index (χ0v) is 12.3. The van der Waals surface area contributed by atoms with Gasteiger partial charge < -0.3 is 0 Å². The maximum absolute atomic E-state index is 5.67. The average molecular weight is 252 g/mol. The number of aryl methyl sites for hydroxylation is 2. The summed E-state index contributed by atoms with van der Waals surface area (Å²) in [5.74, 6) is 5.67. The van der Waals surface area contributed by atoms with Crippen LogP contribution in [0.3, 0.4) is 0 Å². The quantitative estimate of drug-likeness (QED) is 0.424. The fourth-order valence-corrected chi connectivity index (χ4v) is 2.42. The molecule has 1 heterocycles. The summed E-state index contributed by atoms with van der Waals surface area (Å²) < 4.78 is 1.95. The minimum absolute atomic E-state index is 0.364. The maximum atomic E-state index is 5.67. The van der Waals surface area contributed by atoms with Gasteiger partial charge in [-0.25, -0.2) is 0 Å². The van der Waals surface area contributed by atoms with Crippen LogP contribution in [0, 0.1) is 13.8 Å². The van der Waals surface area contributed by atoms with E-state index >= 15 is 0 Å². The Morgan fingerprint density at radius 1 is 1.28 bits per heavy atom. The molecule has 1 rings (SSSR count). The van der Waals surface area contributed by atoms with E-state index in [2.05, 4.69) is 31.3 Å². The number of unbranched alkanes of at least 4 members (excludes halogenated alkanes) is 3. The smallest absolute Gasteiger partial charge is 0.0628 e. The third kappa shape index (κ3) is 4.10.